The Morgan fingerprint density at radius 2 is 1.90 bits per heavy atom. The highest BCUT2D eigenvalue weighted by atomic mass is 16.5. The van der Waals surface area contributed by atoms with Gasteiger partial charge in [-0.3, -0.25) is 4.79 Å². The highest BCUT2D eigenvalue weighted by Crippen LogP contribution is 2.38. The lowest BCUT2D eigenvalue weighted by Crippen LogP contribution is -2.25. The molecule has 2 aromatic carbocycles. The third-order valence-electron chi connectivity index (χ3n) is 4.18. The van der Waals surface area contributed by atoms with Gasteiger partial charge in [-0.1, -0.05) is 24.3 Å². The molecule has 0 bridgehead atoms. The Kier molecular flexibility index (Phi) is 3.09. The van der Waals surface area contributed by atoms with E-state index in [0.29, 0.717) is 0 Å². The van der Waals surface area contributed by atoms with Gasteiger partial charge in [-0.15, -0.1) is 0 Å². The molecule has 20 heavy (non-hydrogen) atoms. The van der Waals surface area contributed by atoms with Crippen molar-refractivity contribution in [3.63, 3.8) is 0 Å². The molecule has 0 amide bonds. The van der Waals surface area contributed by atoms with Gasteiger partial charge in [0.25, 0.3) is 0 Å². The number of carbonyl (C=O) groups excluding carboxylic acids is 1. The summed E-state index contributed by atoms with van der Waals surface area (Å²) in [6.07, 6.45) is 0.861. The average molecular weight is 266 g/mol. The van der Waals surface area contributed by atoms with Gasteiger partial charge in [0.15, 0.2) is 5.78 Å². The van der Waals surface area contributed by atoms with E-state index in [1.165, 1.54) is 11.1 Å². The molecule has 2 heteroatoms. The number of ether oxygens (including phenoxy) is 1. The molecular formula is C18H18O2. The van der Waals surface area contributed by atoms with Gasteiger partial charge in [0.2, 0.25) is 0 Å². The topological polar surface area (TPSA) is 26.3 Å². The van der Waals surface area contributed by atoms with Gasteiger partial charge in [-0.25, -0.2) is 0 Å². The molecule has 2 aromatic rings. The summed E-state index contributed by atoms with van der Waals surface area (Å²) in [5.41, 5.74) is 5.30. The number of hydrogen-bond acceptors (Lipinski definition) is 2. The van der Waals surface area contributed by atoms with Crippen molar-refractivity contribution < 1.29 is 9.53 Å². The molecule has 0 saturated carbocycles. The molecule has 1 aliphatic rings. The van der Waals surface area contributed by atoms with Crippen molar-refractivity contribution in [2.75, 3.05) is 7.11 Å². The van der Waals surface area contributed by atoms with E-state index in [4.69, 9.17) is 4.74 Å². The second-order valence-corrected chi connectivity index (χ2v) is 5.46. The van der Waals surface area contributed by atoms with Gasteiger partial charge in [0.1, 0.15) is 5.75 Å². The smallest absolute Gasteiger partial charge is 0.170 e. The molecule has 2 nitrogen and oxygen atoms in total. The lowest BCUT2D eigenvalue weighted by molar-refractivity contribution is 0.0948. The lowest BCUT2D eigenvalue weighted by atomic mass is 9.73. The van der Waals surface area contributed by atoms with Crippen LogP contribution < -0.4 is 4.74 Å². The fraction of sp³-hybridized carbons (Fsp3) is 0.278. The number of Topliss-reactive ketones (excluding diaryl/α,β-unsaturated/α-hetero) is 1. The molecule has 0 radical (unpaired) electrons. The number of rotatable bonds is 3. The van der Waals surface area contributed by atoms with Gasteiger partial charge < -0.3 is 4.74 Å². The molecule has 0 spiro atoms. The quantitative estimate of drug-likeness (QED) is 0.789. The molecule has 0 N–H and O–H groups in total. The fourth-order valence-electron chi connectivity index (χ4n) is 2.96. The van der Waals surface area contributed by atoms with Crippen LogP contribution in [0, 0.1) is 13.8 Å². The Morgan fingerprint density at radius 3 is 2.60 bits per heavy atom. The molecule has 1 atom stereocenters. The van der Waals surface area contributed by atoms with Gasteiger partial charge in [-0.05, 0) is 54.7 Å². The van der Waals surface area contributed by atoms with E-state index in [1.54, 1.807) is 7.11 Å². The zero-order valence-electron chi connectivity index (χ0n) is 12.1. The minimum Gasteiger partial charge on any atom is -0.496 e. The Bertz CT molecular complexity index is 686. The summed E-state index contributed by atoms with van der Waals surface area (Å²) >= 11 is 0. The summed E-state index contributed by atoms with van der Waals surface area (Å²) in [6, 6.07) is 12.1. The largest absolute Gasteiger partial charge is 0.496 e. The first-order chi connectivity index (χ1) is 9.61. The molecule has 0 aliphatic heterocycles. The summed E-state index contributed by atoms with van der Waals surface area (Å²) < 4.78 is 5.31. The normalized spacial score (nSPS) is 16.2. The Hall–Kier alpha value is -2.09. The van der Waals surface area contributed by atoms with Crippen LogP contribution in [-0.4, -0.2) is 12.9 Å². The molecule has 0 heterocycles. The van der Waals surface area contributed by atoms with E-state index in [0.717, 1.165) is 28.9 Å². The van der Waals surface area contributed by atoms with Crippen LogP contribution in [0.25, 0.3) is 0 Å². The first-order valence-electron chi connectivity index (χ1n) is 6.89. The Labute approximate surface area is 119 Å². The van der Waals surface area contributed by atoms with Crippen LogP contribution in [0.15, 0.2) is 36.4 Å². The molecule has 0 saturated heterocycles. The maximum Gasteiger partial charge on any atom is 0.170 e. The van der Waals surface area contributed by atoms with Gasteiger partial charge in [-0.2, -0.15) is 0 Å². The van der Waals surface area contributed by atoms with Crippen LogP contribution in [0.2, 0.25) is 0 Å². The maximum absolute atomic E-state index is 12.7. The molecule has 1 unspecified atom stereocenters. The molecule has 0 fully saturated rings. The Morgan fingerprint density at radius 1 is 1.15 bits per heavy atom. The summed E-state index contributed by atoms with van der Waals surface area (Å²) in [5, 5.41) is 0. The van der Waals surface area contributed by atoms with Crippen LogP contribution >= 0.6 is 0 Å². The number of benzene rings is 2. The molecule has 1 aliphatic carbocycles. The predicted molar refractivity (Wildman–Crippen MR) is 79.7 cm³/mol. The van der Waals surface area contributed by atoms with Gasteiger partial charge in [0, 0.05) is 5.56 Å². The van der Waals surface area contributed by atoms with E-state index in [-0.39, 0.29) is 11.7 Å². The second-order valence-electron chi connectivity index (χ2n) is 5.46. The molecular weight excluding hydrogens is 248 g/mol. The van der Waals surface area contributed by atoms with Crippen LogP contribution in [0.5, 0.6) is 5.75 Å². The number of hydrogen-bond donors (Lipinski definition) is 0. The summed E-state index contributed by atoms with van der Waals surface area (Å²) in [4.78, 5) is 12.7. The minimum atomic E-state index is 0.0256. The van der Waals surface area contributed by atoms with Crippen molar-refractivity contribution >= 4 is 5.78 Å². The number of carbonyl (C=O) groups is 1. The lowest BCUT2D eigenvalue weighted by Gasteiger charge is -2.29. The first-order valence-corrected chi connectivity index (χ1v) is 6.89. The molecule has 3 rings (SSSR count). The van der Waals surface area contributed by atoms with Crippen molar-refractivity contribution in [2.24, 2.45) is 0 Å². The monoisotopic (exact) mass is 266 g/mol. The highest BCUT2D eigenvalue weighted by Gasteiger charge is 2.33. The van der Waals surface area contributed by atoms with Crippen molar-refractivity contribution in [3.8, 4) is 5.75 Å². The third-order valence-corrected chi connectivity index (χ3v) is 4.18. The first kappa shape index (κ1) is 12.9. The van der Waals surface area contributed by atoms with Gasteiger partial charge in [0.05, 0.1) is 13.0 Å². The van der Waals surface area contributed by atoms with E-state index in [9.17, 15) is 4.79 Å². The van der Waals surface area contributed by atoms with E-state index in [2.05, 4.69) is 12.1 Å². The van der Waals surface area contributed by atoms with Crippen LogP contribution in [0.3, 0.4) is 0 Å². The average Bonchev–Trinajstić information content (AvgIpc) is 2.42. The SMILES string of the molecule is COc1cc(C)c(C(=O)C2Cc3ccccc32)cc1C. The Balaban J connectivity index is 1.95. The van der Waals surface area contributed by atoms with Crippen molar-refractivity contribution in [2.45, 2.75) is 26.2 Å². The number of aryl methyl sites for hydroxylation is 2. The van der Waals surface area contributed by atoms with Crippen molar-refractivity contribution in [3.05, 3.63) is 64.2 Å². The summed E-state index contributed by atoms with van der Waals surface area (Å²) in [7, 11) is 1.66. The zero-order chi connectivity index (χ0) is 14.3. The number of fused-ring (bicyclic) bond motifs is 1. The van der Waals surface area contributed by atoms with Crippen molar-refractivity contribution in [1.29, 1.82) is 0 Å². The maximum atomic E-state index is 12.7. The molecule has 0 aromatic heterocycles. The summed E-state index contributed by atoms with van der Waals surface area (Å²) in [5.74, 6) is 1.10. The predicted octanol–water partition coefficient (Wildman–Crippen LogP) is 3.83. The number of methoxy groups -OCH3 is 1. The van der Waals surface area contributed by atoms with Crippen LogP contribution in [0.4, 0.5) is 0 Å². The second kappa shape index (κ2) is 4.78. The van der Waals surface area contributed by atoms with E-state index >= 15 is 0 Å². The van der Waals surface area contributed by atoms with Crippen LogP contribution in [-0.2, 0) is 6.42 Å². The highest BCUT2D eigenvalue weighted by molar-refractivity contribution is 6.04. The standard InChI is InChI=1S/C18H18O2/c1-11-9-17(20-3)12(2)8-15(11)18(19)16-10-13-6-4-5-7-14(13)16/h4-9,16H,10H2,1-3H3. The van der Waals surface area contributed by atoms with Crippen molar-refractivity contribution in [1.82, 2.24) is 0 Å². The fourth-order valence-corrected chi connectivity index (χ4v) is 2.96. The molecule has 102 valence electrons. The van der Waals surface area contributed by atoms with Crippen LogP contribution in [0.1, 0.15) is 38.5 Å². The zero-order valence-corrected chi connectivity index (χ0v) is 12.1. The number of ketones is 1. The summed E-state index contributed by atoms with van der Waals surface area (Å²) in [6.45, 7) is 3.95. The minimum absolute atomic E-state index is 0.0256. The van der Waals surface area contributed by atoms with E-state index in [1.807, 2.05) is 38.1 Å². The third kappa shape index (κ3) is 1.92. The van der Waals surface area contributed by atoms with E-state index < -0.39 is 0 Å². The van der Waals surface area contributed by atoms with Gasteiger partial charge >= 0.3 is 0 Å².